The average Bonchev–Trinajstić information content (AvgIpc) is 3.18. The fourth-order valence-electron chi connectivity index (χ4n) is 7.86. The molecular formula is C50H100N2O4. The Hall–Kier alpha value is -1.14. The first-order chi connectivity index (χ1) is 27.4. The van der Waals surface area contributed by atoms with Gasteiger partial charge in [0.25, 0.3) is 0 Å². The third-order valence-electron chi connectivity index (χ3n) is 11.7. The minimum absolute atomic E-state index is 0.0364. The van der Waals surface area contributed by atoms with Crippen LogP contribution in [0.25, 0.3) is 0 Å². The molecule has 0 aliphatic carbocycles. The highest BCUT2D eigenvalue weighted by atomic mass is 16.5. The first-order valence-electron chi connectivity index (χ1n) is 25.1. The number of likely N-dealkylation sites (N-methyl/N-ethyl adjacent to an activating group) is 1. The van der Waals surface area contributed by atoms with E-state index in [0.717, 1.165) is 64.5 Å². The van der Waals surface area contributed by atoms with Gasteiger partial charge in [-0.1, -0.05) is 169 Å². The lowest BCUT2D eigenvalue weighted by Crippen LogP contribution is -2.33. The van der Waals surface area contributed by atoms with E-state index in [-0.39, 0.29) is 24.1 Å². The quantitative estimate of drug-likeness (QED) is 0.0452. The van der Waals surface area contributed by atoms with Gasteiger partial charge in [-0.2, -0.15) is 0 Å². The predicted molar refractivity (Wildman–Crippen MR) is 244 cm³/mol. The molecule has 0 N–H and O–H groups in total. The van der Waals surface area contributed by atoms with Gasteiger partial charge in [-0.05, 0) is 104 Å². The molecule has 0 rings (SSSR count). The predicted octanol–water partition coefficient (Wildman–Crippen LogP) is 14.8. The Bertz CT molecular complexity index is 809. The SMILES string of the molecule is CCCCCCCCC(CCCCCC)OC(=O)CCCCCCCN(CCCCCCCCCC(=O)OC(CCCCCC)CCCCCC)CCN(C)C. The van der Waals surface area contributed by atoms with Gasteiger partial charge in [0.05, 0.1) is 0 Å². The molecule has 0 aliphatic heterocycles. The van der Waals surface area contributed by atoms with Crippen molar-refractivity contribution in [2.45, 2.75) is 271 Å². The van der Waals surface area contributed by atoms with E-state index in [1.54, 1.807) is 0 Å². The summed E-state index contributed by atoms with van der Waals surface area (Å²) in [6.07, 6.45) is 42.6. The molecule has 6 nitrogen and oxygen atoms in total. The third-order valence-corrected chi connectivity index (χ3v) is 11.7. The van der Waals surface area contributed by atoms with Crippen molar-refractivity contribution in [1.29, 1.82) is 0 Å². The molecule has 0 aliphatic rings. The van der Waals surface area contributed by atoms with E-state index in [1.807, 2.05) is 0 Å². The van der Waals surface area contributed by atoms with Crippen LogP contribution in [0.4, 0.5) is 0 Å². The Labute approximate surface area is 351 Å². The van der Waals surface area contributed by atoms with E-state index < -0.39 is 0 Å². The largest absolute Gasteiger partial charge is 0.462 e. The summed E-state index contributed by atoms with van der Waals surface area (Å²) in [5, 5.41) is 0. The maximum Gasteiger partial charge on any atom is 0.306 e. The zero-order valence-corrected chi connectivity index (χ0v) is 39.0. The Morgan fingerprint density at radius 1 is 0.357 bits per heavy atom. The van der Waals surface area contributed by atoms with Gasteiger partial charge >= 0.3 is 11.9 Å². The Balaban J connectivity index is 4.20. The Morgan fingerprint density at radius 2 is 0.643 bits per heavy atom. The molecule has 0 amide bonds. The highest BCUT2D eigenvalue weighted by Gasteiger charge is 2.16. The number of unbranched alkanes of at least 4 members (excludes halogenated alkanes) is 24. The van der Waals surface area contributed by atoms with Gasteiger partial charge < -0.3 is 19.3 Å². The van der Waals surface area contributed by atoms with E-state index in [2.05, 4.69) is 51.6 Å². The molecule has 1 atom stereocenters. The number of carbonyl (C=O) groups is 2. The van der Waals surface area contributed by atoms with Crippen LogP contribution in [0.1, 0.15) is 259 Å². The number of hydrogen-bond donors (Lipinski definition) is 0. The number of ether oxygens (including phenoxy) is 2. The molecule has 56 heavy (non-hydrogen) atoms. The van der Waals surface area contributed by atoms with Crippen molar-refractivity contribution in [1.82, 2.24) is 9.80 Å². The second-order valence-corrected chi connectivity index (χ2v) is 17.7. The van der Waals surface area contributed by atoms with Crippen LogP contribution in [-0.4, -0.2) is 74.2 Å². The standard InChI is InChI=1S/C50H100N2O4/c1-7-11-15-19-24-32-40-48(39-31-18-14-10-4)56-50(54)42-34-26-23-28-36-44-52(46-45-51(5)6)43-35-27-22-20-21-25-33-41-49(53)55-47(37-29-16-12-8-2)38-30-17-13-9-3/h47-48H,7-46H2,1-6H3. The van der Waals surface area contributed by atoms with Gasteiger partial charge in [-0.3, -0.25) is 9.59 Å². The van der Waals surface area contributed by atoms with Crippen molar-refractivity contribution in [3.05, 3.63) is 0 Å². The first kappa shape index (κ1) is 54.9. The highest BCUT2D eigenvalue weighted by molar-refractivity contribution is 5.69. The van der Waals surface area contributed by atoms with Crippen molar-refractivity contribution in [2.24, 2.45) is 0 Å². The molecule has 0 aromatic carbocycles. The van der Waals surface area contributed by atoms with Crippen molar-refractivity contribution < 1.29 is 19.1 Å². The van der Waals surface area contributed by atoms with E-state index in [9.17, 15) is 9.59 Å². The number of esters is 2. The second kappa shape index (κ2) is 43.4. The molecule has 0 radical (unpaired) electrons. The summed E-state index contributed by atoms with van der Waals surface area (Å²) in [6, 6.07) is 0. The van der Waals surface area contributed by atoms with Crippen LogP contribution < -0.4 is 0 Å². The van der Waals surface area contributed by atoms with Gasteiger partial charge in [0.15, 0.2) is 0 Å². The van der Waals surface area contributed by atoms with Crippen molar-refractivity contribution >= 4 is 11.9 Å². The molecular weight excluding hydrogens is 693 g/mol. The zero-order valence-electron chi connectivity index (χ0n) is 39.0. The topological polar surface area (TPSA) is 59.1 Å². The molecule has 0 saturated carbocycles. The van der Waals surface area contributed by atoms with Crippen LogP contribution in [-0.2, 0) is 19.1 Å². The number of carbonyl (C=O) groups excluding carboxylic acids is 2. The summed E-state index contributed by atoms with van der Waals surface area (Å²) in [4.78, 5) is 30.3. The summed E-state index contributed by atoms with van der Waals surface area (Å²) in [7, 11) is 4.35. The lowest BCUT2D eigenvalue weighted by Gasteiger charge is -2.24. The normalized spacial score (nSPS) is 12.3. The lowest BCUT2D eigenvalue weighted by molar-refractivity contribution is -0.151. The summed E-state index contributed by atoms with van der Waals surface area (Å²) in [5.41, 5.74) is 0. The minimum Gasteiger partial charge on any atom is -0.462 e. The maximum absolute atomic E-state index is 12.7. The first-order valence-corrected chi connectivity index (χ1v) is 25.1. The molecule has 0 fully saturated rings. The van der Waals surface area contributed by atoms with Gasteiger partial charge in [0.1, 0.15) is 12.2 Å². The molecule has 0 aromatic heterocycles. The summed E-state index contributed by atoms with van der Waals surface area (Å²) in [5.74, 6) is 0.0747. The minimum atomic E-state index is 0.0364. The zero-order chi connectivity index (χ0) is 41.2. The van der Waals surface area contributed by atoms with Gasteiger partial charge in [0, 0.05) is 25.9 Å². The smallest absolute Gasteiger partial charge is 0.306 e. The van der Waals surface area contributed by atoms with Gasteiger partial charge in [0.2, 0.25) is 0 Å². The molecule has 1 unspecified atom stereocenters. The molecule has 0 aromatic rings. The van der Waals surface area contributed by atoms with Crippen LogP contribution in [0, 0.1) is 0 Å². The van der Waals surface area contributed by atoms with E-state index in [1.165, 1.54) is 180 Å². The number of nitrogens with zero attached hydrogens (tertiary/aromatic N) is 2. The van der Waals surface area contributed by atoms with Gasteiger partial charge in [-0.15, -0.1) is 0 Å². The molecule has 334 valence electrons. The molecule has 0 spiro atoms. The average molecular weight is 793 g/mol. The third kappa shape index (κ3) is 39.7. The molecule has 0 saturated heterocycles. The molecule has 0 heterocycles. The van der Waals surface area contributed by atoms with E-state index in [0.29, 0.717) is 12.8 Å². The van der Waals surface area contributed by atoms with Crippen molar-refractivity contribution in [3.63, 3.8) is 0 Å². The summed E-state index contributed by atoms with van der Waals surface area (Å²) < 4.78 is 12.0. The van der Waals surface area contributed by atoms with Crippen LogP contribution in [0.3, 0.4) is 0 Å². The number of rotatable bonds is 45. The van der Waals surface area contributed by atoms with Crippen LogP contribution in [0.15, 0.2) is 0 Å². The molecule has 6 heteroatoms. The second-order valence-electron chi connectivity index (χ2n) is 17.7. The number of hydrogen-bond acceptors (Lipinski definition) is 6. The Kier molecular flexibility index (Phi) is 42.6. The lowest BCUT2D eigenvalue weighted by atomic mass is 10.0. The van der Waals surface area contributed by atoms with Crippen LogP contribution in [0.2, 0.25) is 0 Å². The monoisotopic (exact) mass is 793 g/mol. The maximum atomic E-state index is 12.7. The van der Waals surface area contributed by atoms with Crippen LogP contribution >= 0.6 is 0 Å². The van der Waals surface area contributed by atoms with E-state index in [4.69, 9.17) is 9.47 Å². The summed E-state index contributed by atoms with van der Waals surface area (Å²) >= 11 is 0. The van der Waals surface area contributed by atoms with E-state index >= 15 is 0 Å². The van der Waals surface area contributed by atoms with Gasteiger partial charge in [-0.25, -0.2) is 0 Å². The summed E-state index contributed by atoms with van der Waals surface area (Å²) in [6.45, 7) is 13.7. The fraction of sp³-hybridized carbons (Fsp3) is 0.960. The van der Waals surface area contributed by atoms with Crippen LogP contribution in [0.5, 0.6) is 0 Å². The van der Waals surface area contributed by atoms with Crippen molar-refractivity contribution in [3.8, 4) is 0 Å². The van der Waals surface area contributed by atoms with Crippen molar-refractivity contribution in [2.75, 3.05) is 40.3 Å². The molecule has 0 bridgehead atoms. The highest BCUT2D eigenvalue weighted by Crippen LogP contribution is 2.19. The Morgan fingerprint density at radius 3 is 0.982 bits per heavy atom. The fourth-order valence-corrected chi connectivity index (χ4v) is 7.86.